The molecule has 0 aromatic heterocycles. The number of carbonyl (C=O) groups is 2. The Balaban J connectivity index is 1.62. The Labute approximate surface area is 169 Å². The molecule has 2 heterocycles. The van der Waals surface area contributed by atoms with E-state index in [0.717, 1.165) is 12.0 Å². The summed E-state index contributed by atoms with van der Waals surface area (Å²) < 4.78 is 0. The third-order valence-corrected chi connectivity index (χ3v) is 5.58. The first-order chi connectivity index (χ1) is 14.2. The molecule has 0 unspecified atom stereocenters. The first kappa shape index (κ1) is 17.4. The minimum Gasteiger partial charge on any atom is -0.362 e. The molecule has 0 radical (unpaired) electrons. The molecular weight excluding hydrogens is 360 g/mol. The fourth-order valence-corrected chi connectivity index (χ4v) is 4.17. The average Bonchev–Trinajstić information content (AvgIpc) is 3.04. The van der Waals surface area contributed by atoms with Crippen LogP contribution in [0.25, 0.3) is 5.57 Å². The van der Waals surface area contributed by atoms with Crippen molar-refractivity contribution in [3.05, 3.63) is 107 Å². The predicted molar refractivity (Wildman–Crippen MR) is 113 cm³/mol. The quantitative estimate of drug-likeness (QED) is 0.644. The second kappa shape index (κ2) is 7.06. The maximum Gasteiger partial charge on any atom is 0.282 e. The third kappa shape index (κ3) is 2.93. The summed E-state index contributed by atoms with van der Waals surface area (Å²) in [5.74, 6) is -0.513. The lowest BCUT2D eigenvalue weighted by atomic mass is 9.98. The maximum absolute atomic E-state index is 13.5. The second-order valence-electron chi connectivity index (χ2n) is 7.31. The van der Waals surface area contributed by atoms with Crippen molar-refractivity contribution in [2.24, 2.45) is 0 Å². The molecule has 0 fully saturated rings. The summed E-state index contributed by atoms with van der Waals surface area (Å²) in [6, 6.07) is 27.0. The minimum absolute atomic E-state index is 0.251. The smallest absolute Gasteiger partial charge is 0.282 e. The highest BCUT2D eigenvalue weighted by molar-refractivity contribution is 6.45. The lowest BCUT2D eigenvalue weighted by molar-refractivity contribution is -0.120. The molecule has 4 nitrogen and oxygen atoms in total. The van der Waals surface area contributed by atoms with Crippen LogP contribution in [0.15, 0.2) is 90.6 Å². The highest BCUT2D eigenvalue weighted by Gasteiger charge is 2.42. The van der Waals surface area contributed by atoms with Gasteiger partial charge >= 0.3 is 0 Å². The number of benzene rings is 3. The number of hydrogen-bond acceptors (Lipinski definition) is 3. The molecular formula is C25H20N2O2. The molecule has 0 saturated heterocycles. The van der Waals surface area contributed by atoms with Gasteiger partial charge in [-0.05, 0) is 35.2 Å². The summed E-state index contributed by atoms with van der Waals surface area (Å²) in [6.07, 6.45) is 0.856. The van der Waals surface area contributed by atoms with Gasteiger partial charge in [0, 0.05) is 13.1 Å². The van der Waals surface area contributed by atoms with Crippen LogP contribution >= 0.6 is 0 Å². The van der Waals surface area contributed by atoms with Crippen molar-refractivity contribution in [2.75, 3.05) is 11.4 Å². The molecule has 3 aromatic rings. The zero-order chi connectivity index (χ0) is 19.8. The van der Waals surface area contributed by atoms with Gasteiger partial charge in [-0.15, -0.1) is 0 Å². The summed E-state index contributed by atoms with van der Waals surface area (Å²) in [5, 5.41) is 0. The number of nitrogens with zero attached hydrogens (tertiary/aromatic N) is 2. The van der Waals surface area contributed by atoms with Crippen LogP contribution in [0.5, 0.6) is 0 Å². The van der Waals surface area contributed by atoms with Crippen LogP contribution in [0.3, 0.4) is 0 Å². The molecule has 0 saturated carbocycles. The summed E-state index contributed by atoms with van der Waals surface area (Å²) >= 11 is 0. The molecule has 2 amide bonds. The van der Waals surface area contributed by atoms with E-state index in [0.29, 0.717) is 30.0 Å². The predicted octanol–water partition coefficient (Wildman–Crippen LogP) is 4.03. The molecule has 0 aliphatic carbocycles. The van der Waals surface area contributed by atoms with Gasteiger partial charge in [-0.1, -0.05) is 72.8 Å². The Morgan fingerprint density at radius 2 is 1.28 bits per heavy atom. The van der Waals surface area contributed by atoms with E-state index >= 15 is 0 Å². The van der Waals surface area contributed by atoms with E-state index in [1.54, 1.807) is 12.1 Å². The van der Waals surface area contributed by atoms with Gasteiger partial charge in [0.1, 0.15) is 5.70 Å². The van der Waals surface area contributed by atoms with Crippen molar-refractivity contribution < 1.29 is 9.59 Å². The molecule has 3 aromatic carbocycles. The molecule has 5 rings (SSSR count). The largest absolute Gasteiger partial charge is 0.362 e. The number of amides is 2. The van der Waals surface area contributed by atoms with Crippen molar-refractivity contribution in [1.82, 2.24) is 4.90 Å². The number of para-hydroxylation sites is 1. The SMILES string of the molecule is O=C1C(c2ccccc2)=C(N2CCc3ccccc3C2)C(=O)N1c1ccccc1. The van der Waals surface area contributed by atoms with Gasteiger partial charge in [-0.2, -0.15) is 0 Å². The van der Waals surface area contributed by atoms with Crippen molar-refractivity contribution in [3.8, 4) is 0 Å². The van der Waals surface area contributed by atoms with Crippen molar-refractivity contribution in [1.29, 1.82) is 0 Å². The van der Waals surface area contributed by atoms with Crippen LogP contribution in [0.4, 0.5) is 5.69 Å². The fraction of sp³-hybridized carbons (Fsp3) is 0.120. The third-order valence-electron chi connectivity index (χ3n) is 5.58. The van der Waals surface area contributed by atoms with Crippen LogP contribution in [0, 0.1) is 0 Å². The highest BCUT2D eigenvalue weighted by atomic mass is 16.2. The van der Waals surface area contributed by atoms with Gasteiger partial charge in [0.2, 0.25) is 0 Å². The first-order valence-corrected chi connectivity index (χ1v) is 9.79. The summed E-state index contributed by atoms with van der Waals surface area (Å²) in [4.78, 5) is 30.3. The van der Waals surface area contributed by atoms with Crippen LogP contribution < -0.4 is 4.90 Å². The van der Waals surface area contributed by atoms with E-state index in [9.17, 15) is 9.59 Å². The van der Waals surface area contributed by atoms with Crippen LogP contribution in [-0.4, -0.2) is 23.3 Å². The van der Waals surface area contributed by atoms with Gasteiger partial charge in [-0.25, -0.2) is 4.90 Å². The van der Waals surface area contributed by atoms with Gasteiger partial charge in [0.25, 0.3) is 11.8 Å². The molecule has 142 valence electrons. The summed E-state index contributed by atoms with van der Waals surface area (Å²) in [5.41, 5.74) is 4.87. The lowest BCUT2D eigenvalue weighted by Gasteiger charge is -2.31. The normalized spacial score (nSPS) is 16.4. The monoisotopic (exact) mass is 380 g/mol. The van der Waals surface area contributed by atoms with E-state index in [-0.39, 0.29) is 11.8 Å². The molecule has 0 spiro atoms. The fourth-order valence-electron chi connectivity index (χ4n) is 4.17. The van der Waals surface area contributed by atoms with Crippen molar-refractivity contribution >= 4 is 23.1 Å². The van der Waals surface area contributed by atoms with Crippen LogP contribution in [0.2, 0.25) is 0 Å². The second-order valence-corrected chi connectivity index (χ2v) is 7.31. The Morgan fingerprint density at radius 1 is 0.655 bits per heavy atom. The zero-order valence-electron chi connectivity index (χ0n) is 15.9. The first-order valence-electron chi connectivity index (χ1n) is 9.79. The van der Waals surface area contributed by atoms with Gasteiger partial charge < -0.3 is 4.90 Å². The number of carbonyl (C=O) groups excluding carboxylic acids is 2. The van der Waals surface area contributed by atoms with Gasteiger partial charge in [0.15, 0.2) is 0 Å². The maximum atomic E-state index is 13.5. The molecule has 0 atom stereocenters. The van der Waals surface area contributed by atoms with E-state index in [1.165, 1.54) is 16.0 Å². The highest BCUT2D eigenvalue weighted by Crippen LogP contribution is 2.36. The molecule has 4 heteroatoms. The Morgan fingerprint density at radius 3 is 2.00 bits per heavy atom. The number of imide groups is 1. The van der Waals surface area contributed by atoms with E-state index < -0.39 is 0 Å². The van der Waals surface area contributed by atoms with Crippen molar-refractivity contribution in [2.45, 2.75) is 13.0 Å². The number of anilines is 1. The summed E-state index contributed by atoms with van der Waals surface area (Å²) in [7, 11) is 0. The summed E-state index contributed by atoms with van der Waals surface area (Å²) in [6.45, 7) is 1.34. The van der Waals surface area contributed by atoms with E-state index in [2.05, 4.69) is 17.0 Å². The molecule has 2 aliphatic rings. The zero-order valence-corrected chi connectivity index (χ0v) is 15.9. The number of hydrogen-bond donors (Lipinski definition) is 0. The van der Waals surface area contributed by atoms with Crippen LogP contribution in [0.1, 0.15) is 16.7 Å². The lowest BCUT2D eigenvalue weighted by Crippen LogP contribution is -2.37. The Kier molecular flexibility index (Phi) is 4.24. The van der Waals surface area contributed by atoms with Gasteiger partial charge in [0.05, 0.1) is 11.3 Å². The average molecular weight is 380 g/mol. The molecule has 0 N–H and O–H groups in total. The number of rotatable bonds is 3. The van der Waals surface area contributed by atoms with Crippen LogP contribution in [-0.2, 0) is 22.6 Å². The Hall–Kier alpha value is -3.66. The van der Waals surface area contributed by atoms with E-state index in [1.807, 2.05) is 60.7 Å². The standard InChI is InChI=1S/C25H20N2O2/c28-24-22(19-10-3-1-4-11-19)23(25(29)27(24)21-13-5-2-6-14-21)26-16-15-18-9-7-8-12-20(18)17-26/h1-14H,15-17H2. The minimum atomic E-state index is -0.263. The topological polar surface area (TPSA) is 40.6 Å². The van der Waals surface area contributed by atoms with Gasteiger partial charge in [-0.3, -0.25) is 9.59 Å². The Bertz CT molecular complexity index is 1120. The molecule has 2 aliphatic heterocycles. The van der Waals surface area contributed by atoms with E-state index in [4.69, 9.17) is 0 Å². The van der Waals surface area contributed by atoms with Crippen molar-refractivity contribution in [3.63, 3.8) is 0 Å². The number of fused-ring (bicyclic) bond motifs is 1. The molecule has 0 bridgehead atoms. The molecule has 29 heavy (non-hydrogen) atoms.